The molecule has 34 heavy (non-hydrogen) atoms. The predicted octanol–water partition coefficient (Wildman–Crippen LogP) is 5.22. The summed E-state index contributed by atoms with van der Waals surface area (Å²) in [6.07, 6.45) is 6.37. The summed E-state index contributed by atoms with van der Waals surface area (Å²) in [6, 6.07) is 5.12. The first kappa shape index (κ1) is 21.7. The number of aromatic amines is 1. The van der Waals surface area contributed by atoms with Crippen LogP contribution in [0.1, 0.15) is 31.4 Å². The molecule has 172 valence electrons. The topological polar surface area (TPSA) is 87.0 Å². The standard InChI is InChI=1S/C24H22F2N8/c1-14(15-3-4-21(28-10-15)34-7-5-16(25)6-8-34)32-24-31-13-20(27-2)22(33-24)19-12-30-23-18(19)9-17(26)11-29-23/h3-4,9-14,16H,5-8H2,1H3,(H,29,30)(H,31,32,33). The summed E-state index contributed by atoms with van der Waals surface area (Å²) in [5.41, 5.74) is 2.67. The number of nitrogens with zero attached hydrogens (tertiary/aromatic N) is 6. The highest BCUT2D eigenvalue weighted by Crippen LogP contribution is 2.34. The van der Waals surface area contributed by atoms with Gasteiger partial charge >= 0.3 is 0 Å². The third kappa shape index (κ3) is 4.24. The van der Waals surface area contributed by atoms with Crippen molar-refractivity contribution in [3.8, 4) is 11.3 Å². The molecule has 0 bridgehead atoms. The normalized spacial score (nSPS) is 15.3. The summed E-state index contributed by atoms with van der Waals surface area (Å²) in [5, 5.41) is 3.79. The van der Waals surface area contributed by atoms with E-state index >= 15 is 0 Å². The van der Waals surface area contributed by atoms with E-state index in [0.29, 0.717) is 54.2 Å². The van der Waals surface area contributed by atoms with E-state index in [9.17, 15) is 8.78 Å². The SMILES string of the molecule is [C-]#[N+]c1cnc(NC(C)c2ccc(N3CCC(F)CC3)nc2)nc1-c1c[nH]c2ncc(F)cc12. The van der Waals surface area contributed by atoms with Crippen molar-refractivity contribution in [2.24, 2.45) is 0 Å². The Morgan fingerprint density at radius 1 is 1.18 bits per heavy atom. The first-order valence-electron chi connectivity index (χ1n) is 11.0. The summed E-state index contributed by atoms with van der Waals surface area (Å²) in [4.78, 5) is 26.0. The van der Waals surface area contributed by atoms with Gasteiger partial charge in [-0.25, -0.2) is 33.6 Å². The fourth-order valence-corrected chi connectivity index (χ4v) is 4.09. The molecule has 5 heterocycles. The van der Waals surface area contributed by atoms with E-state index in [4.69, 9.17) is 6.57 Å². The van der Waals surface area contributed by atoms with Gasteiger partial charge in [-0.3, -0.25) is 0 Å². The molecule has 1 aliphatic heterocycles. The first-order valence-corrected chi connectivity index (χ1v) is 11.0. The van der Waals surface area contributed by atoms with Gasteiger partial charge in [0.05, 0.1) is 24.5 Å². The maximum atomic E-state index is 13.8. The summed E-state index contributed by atoms with van der Waals surface area (Å²) in [5.74, 6) is 0.703. The molecule has 4 aromatic rings. The second-order valence-corrected chi connectivity index (χ2v) is 8.27. The summed E-state index contributed by atoms with van der Waals surface area (Å²) in [6.45, 7) is 10.8. The third-order valence-electron chi connectivity index (χ3n) is 6.01. The van der Waals surface area contributed by atoms with Gasteiger partial charge in [0.2, 0.25) is 11.6 Å². The molecule has 0 amide bonds. The Balaban J connectivity index is 1.37. The summed E-state index contributed by atoms with van der Waals surface area (Å²) < 4.78 is 27.2. The summed E-state index contributed by atoms with van der Waals surface area (Å²) >= 11 is 0. The average molecular weight is 460 g/mol. The van der Waals surface area contributed by atoms with Gasteiger partial charge in [-0.1, -0.05) is 6.07 Å². The van der Waals surface area contributed by atoms with Crippen molar-refractivity contribution in [3.05, 3.63) is 65.8 Å². The number of alkyl halides is 1. The molecule has 1 atom stereocenters. The van der Waals surface area contributed by atoms with E-state index in [-0.39, 0.29) is 11.7 Å². The zero-order valence-electron chi connectivity index (χ0n) is 18.5. The van der Waals surface area contributed by atoms with Crippen molar-refractivity contribution >= 4 is 28.5 Å². The average Bonchev–Trinajstić information content (AvgIpc) is 3.27. The van der Waals surface area contributed by atoms with Crippen LogP contribution in [0.4, 0.5) is 26.2 Å². The van der Waals surface area contributed by atoms with Crippen LogP contribution in [0.5, 0.6) is 0 Å². The largest absolute Gasteiger partial charge is 0.356 e. The lowest BCUT2D eigenvalue weighted by atomic mass is 10.1. The van der Waals surface area contributed by atoms with E-state index < -0.39 is 12.0 Å². The molecule has 0 aromatic carbocycles. The van der Waals surface area contributed by atoms with Gasteiger partial charge in [-0.05, 0) is 37.5 Å². The van der Waals surface area contributed by atoms with Gasteiger partial charge in [0.15, 0.2) is 0 Å². The summed E-state index contributed by atoms with van der Waals surface area (Å²) in [7, 11) is 0. The van der Waals surface area contributed by atoms with Crippen molar-refractivity contribution in [2.75, 3.05) is 23.3 Å². The molecule has 0 saturated carbocycles. The van der Waals surface area contributed by atoms with Crippen molar-refractivity contribution in [2.45, 2.75) is 32.0 Å². The molecule has 10 heteroatoms. The molecular weight excluding hydrogens is 438 g/mol. The minimum atomic E-state index is -0.724. The highest BCUT2D eigenvalue weighted by atomic mass is 19.1. The number of hydrogen-bond acceptors (Lipinski definition) is 6. The first-order chi connectivity index (χ1) is 16.5. The van der Waals surface area contributed by atoms with E-state index in [1.807, 2.05) is 19.1 Å². The fourth-order valence-electron chi connectivity index (χ4n) is 4.09. The van der Waals surface area contributed by atoms with Crippen molar-refractivity contribution in [3.63, 3.8) is 0 Å². The predicted molar refractivity (Wildman–Crippen MR) is 126 cm³/mol. The third-order valence-corrected chi connectivity index (χ3v) is 6.01. The number of nitrogens with one attached hydrogen (secondary N) is 2. The molecule has 1 aliphatic rings. The molecule has 0 aliphatic carbocycles. The molecule has 2 N–H and O–H groups in total. The van der Waals surface area contributed by atoms with Gasteiger partial charge in [0.25, 0.3) is 0 Å². The Morgan fingerprint density at radius 2 is 2.00 bits per heavy atom. The molecule has 4 aromatic heterocycles. The number of hydrogen-bond donors (Lipinski definition) is 2. The number of rotatable bonds is 5. The van der Waals surface area contributed by atoms with Crippen molar-refractivity contribution in [1.82, 2.24) is 24.9 Å². The second kappa shape index (κ2) is 9.02. The lowest BCUT2D eigenvalue weighted by Crippen LogP contribution is -2.34. The van der Waals surface area contributed by atoms with Crippen LogP contribution in [0, 0.1) is 12.4 Å². The van der Waals surface area contributed by atoms with Crippen LogP contribution in [0.25, 0.3) is 27.1 Å². The number of piperidine rings is 1. The van der Waals surface area contributed by atoms with Crippen molar-refractivity contribution in [1.29, 1.82) is 0 Å². The minimum Gasteiger partial charge on any atom is -0.356 e. The number of anilines is 2. The number of fused-ring (bicyclic) bond motifs is 1. The van der Waals surface area contributed by atoms with Gasteiger partial charge in [-0.2, -0.15) is 0 Å². The van der Waals surface area contributed by atoms with E-state index in [0.717, 1.165) is 17.6 Å². The number of halogens is 2. The van der Waals surface area contributed by atoms with E-state index in [2.05, 4.69) is 40.0 Å². The molecule has 5 rings (SSSR count). The molecule has 0 spiro atoms. The second-order valence-electron chi connectivity index (χ2n) is 8.27. The molecular formula is C24H22F2N8. The number of H-pyrrole nitrogens is 1. The Bertz CT molecular complexity index is 1350. The molecule has 0 radical (unpaired) electrons. The Hall–Kier alpha value is -4.13. The zero-order valence-corrected chi connectivity index (χ0v) is 18.5. The van der Waals surface area contributed by atoms with Crippen molar-refractivity contribution < 1.29 is 8.78 Å². The quantitative estimate of drug-likeness (QED) is 0.397. The van der Waals surface area contributed by atoms with E-state index in [1.165, 1.54) is 12.3 Å². The van der Waals surface area contributed by atoms with Crippen LogP contribution in [0.15, 0.2) is 43.0 Å². The maximum absolute atomic E-state index is 13.8. The van der Waals surface area contributed by atoms with Crippen LogP contribution in [0.3, 0.4) is 0 Å². The Kier molecular flexibility index (Phi) is 5.76. The Labute approximate surface area is 194 Å². The zero-order chi connectivity index (χ0) is 23.7. The van der Waals surface area contributed by atoms with Gasteiger partial charge < -0.3 is 15.2 Å². The van der Waals surface area contributed by atoms with Crippen LogP contribution >= 0.6 is 0 Å². The van der Waals surface area contributed by atoms with Gasteiger partial charge in [0.1, 0.15) is 23.5 Å². The molecule has 1 saturated heterocycles. The minimum absolute atomic E-state index is 0.160. The number of aromatic nitrogens is 5. The van der Waals surface area contributed by atoms with Crippen LogP contribution in [-0.2, 0) is 0 Å². The van der Waals surface area contributed by atoms with Crippen LogP contribution in [-0.4, -0.2) is 44.2 Å². The maximum Gasteiger partial charge on any atom is 0.231 e. The molecule has 1 fully saturated rings. The highest BCUT2D eigenvalue weighted by Gasteiger charge is 2.20. The smallest absolute Gasteiger partial charge is 0.231 e. The lowest BCUT2D eigenvalue weighted by Gasteiger charge is -2.29. The van der Waals surface area contributed by atoms with Crippen LogP contribution < -0.4 is 10.2 Å². The van der Waals surface area contributed by atoms with Crippen LogP contribution in [0.2, 0.25) is 0 Å². The van der Waals surface area contributed by atoms with Gasteiger partial charge in [-0.15, -0.1) is 0 Å². The molecule has 8 nitrogen and oxygen atoms in total. The number of pyridine rings is 2. The van der Waals surface area contributed by atoms with Gasteiger partial charge in [0, 0.05) is 42.6 Å². The Morgan fingerprint density at radius 3 is 2.74 bits per heavy atom. The van der Waals surface area contributed by atoms with E-state index in [1.54, 1.807) is 12.4 Å². The highest BCUT2D eigenvalue weighted by molar-refractivity contribution is 5.96. The lowest BCUT2D eigenvalue weighted by molar-refractivity contribution is 0.276. The molecule has 1 unspecified atom stereocenters. The fraction of sp³-hybridized carbons (Fsp3) is 0.292. The monoisotopic (exact) mass is 460 g/mol.